The molecular formula is C19H22N2O7. The van der Waals surface area contributed by atoms with Crippen LogP contribution in [0.25, 0.3) is 10.9 Å². The van der Waals surface area contributed by atoms with Gasteiger partial charge in [0.2, 0.25) is 6.79 Å². The van der Waals surface area contributed by atoms with Gasteiger partial charge in [-0.1, -0.05) is 6.07 Å². The number of rotatable bonds is 8. The van der Waals surface area contributed by atoms with Crippen molar-refractivity contribution in [1.29, 1.82) is 0 Å². The number of aromatic amines is 1. The van der Waals surface area contributed by atoms with Crippen molar-refractivity contribution in [3.8, 4) is 5.75 Å². The van der Waals surface area contributed by atoms with Crippen LogP contribution in [0.3, 0.4) is 0 Å². The maximum atomic E-state index is 11.7. The first-order valence-corrected chi connectivity index (χ1v) is 8.69. The van der Waals surface area contributed by atoms with E-state index in [0.29, 0.717) is 5.75 Å². The molecule has 1 N–H and O–H groups in total. The summed E-state index contributed by atoms with van der Waals surface area (Å²) >= 11 is 0. The Morgan fingerprint density at radius 3 is 2.75 bits per heavy atom. The van der Waals surface area contributed by atoms with Gasteiger partial charge < -0.3 is 32.9 Å². The number of ether oxygens (including phenoxy) is 3. The molecule has 0 saturated carbocycles. The van der Waals surface area contributed by atoms with Gasteiger partial charge in [-0.05, 0) is 45.1 Å². The number of carbonyl (C=O) groups excluding carboxylic acids is 1. The second kappa shape index (κ2) is 8.66. The Bertz CT molecular complexity index is 999. The molecule has 2 aromatic heterocycles. The first-order chi connectivity index (χ1) is 13.4. The highest BCUT2D eigenvalue weighted by Crippen LogP contribution is 2.29. The average Bonchev–Trinajstić information content (AvgIpc) is 3.21. The van der Waals surface area contributed by atoms with Crippen molar-refractivity contribution in [1.82, 2.24) is 9.88 Å². The van der Waals surface area contributed by atoms with E-state index in [1.165, 1.54) is 6.92 Å². The number of H-pyrrole nitrogens is 1. The maximum Gasteiger partial charge on any atom is 0.519 e. The molecular weight excluding hydrogens is 368 g/mol. The summed E-state index contributed by atoms with van der Waals surface area (Å²) in [4.78, 5) is 28.0. The highest BCUT2D eigenvalue weighted by atomic mass is 16.8. The molecule has 0 saturated heterocycles. The van der Waals surface area contributed by atoms with Crippen molar-refractivity contribution in [3.05, 3.63) is 52.1 Å². The number of carbonyl (C=O) groups is 1. The molecule has 3 aromatic rings. The third-order valence-corrected chi connectivity index (χ3v) is 4.13. The third-order valence-electron chi connectivity index (χ3n) is 4.13. The van der Waals surface area contributed by atoms with Gasteiger partial charge >= 0.3 is 12.0 Å². The largest absolute Gasteiger partial charge is 0.519 e. The molecule has 0 aliphatic heterocycles. The number of nitrogens with one attached hydrogen (secondary N) is 1. The van der Waals surface area contributed by atoms with Crippen LogP contribution in [0.4, 0.5) is 4.79 Å². The van der Waals surface area contributed by atoms with E-state index >= 15 is 0 Å². The van der Waals surface area contributed by atoms with Gasteiger partial charge in [0, 0.05) is 23.6 Å². The maximum absolute atomic E-state index is 11.7. The predicted molar refractivity (Wildman–Crippen MR) is 99.3 cm³/mol. The van der Waals surface area contributed by atoms with Crippen LogP contribution in [0.1, 0.15) is 17.1 Å². The first-order valence-electron chi connectivity index (χ1n) is 8.69. The van der Waals surface area contributed by atoms with Gasteiger partial charge in [0.25, 0.3) is 0 Å². The number of nitrogens with zero attached hydrogens (tertiary/aromatic N) is 1. The molecule has 150 valence electrons. The Labute approximate surface area is 160 Å². The minimum atomic E-state index is -0.947. The summed E-state index contributed by atoms with van der Waals surface area (Å²) in [6.07, 6.45) is 1.86. The first kappa shape index (κ1) is 19.6. The summed E-state index contributed by atoms with van der Waals surface area (Å²) in [5.41, 5.74) is 2.06. The van der Waals surface area contributed by atoms with Gasteiger partial charge in [0.15, 0.2) is 18.1 Å². The lowest BCUT2D eigenvalue weighted by Gasteiger charge is -2.11. The number of likely N-dealkylation sites (N-methyl/N-ethyl adjacent to an activating group) is 1. The van der Waals surface area contributed by atoms with Crippen molar-refractivity contribution in [3.63, 3.8) is 0 Å². The number of aryl methyl sites for hydroxylation is 1. The van der Waals surface area contributed by atoms with Crippen LogP contribution in [-0.2, 0) is 22.5 Å². The average molecular weight is 390 g/mol. The second-order valence-corrected chi connectivity index (χ2v) is 6.42. The smallest absolute Gasteiger partial charge is 0.457 e. The monoisotopic (exact) mass is 390 g/mol. The molecule has 0 atom stereocenters. The molecule has 0 amide bonds. The highest BCUT2D eigenvalue weighted by molar-refractivity contribution is 5.89. The Balaban J connectivity index is 1.56. The molecule has 2 heterocycles. The van der Waals surface area contributed by atoms with Crippen molar-refractivity contribution >= 4 is 17.1 Å². The Morgan fingerprint density at radius 1 is 1.21 bits per heavy atom. The summed E-state index contributed by atoms with van der Waals surface area (Å²) in [7, 11) is 4.03. The zero-order valence-electron chi connectivity index (χ0n) is 15.9. The molecule has 0 aliphatic rings. The Morgan fingerprint density at radius 2 is 2.04 bits per heavy atom. The fraction of sp³-hybridized carbons (Fsp3) is 0.368. The zero-order chi connectivity index (χ0) is 20.1. The highest BCUT2D eigenvalue weighted by Gasteiger charge is 2.14. The van der Waals surface area contributed by atoms with E-state index < -0.39 is 12.0 Å². The van der Waals surface area contributed by atoms with Crippen LogP contribution in [0.5, 0.6) is 5.75 Å². The van der Waals surface area contributed by atoms with Crippen molar-refractivity contribution in [2.75, 3.05) is 27.4 Å². The molecule has 0 bridgehead atoms. The predicted octanol–water partition coefficient (Wildman–Crippen LogP) is 2.82. The van der Waals surface area contributed by atoms with E-state index in [2.05, 4.69) is 14.3 Å². The van der Waals surface area contributed by atoms with Crippen LogP contribution in [-0.4, -0.2) is 43.5 Å². The quantitative estimate of drug-likeness (QED) is 0.462. The molecule has 9 nitrogen and oxygen atoms in total. The number of benzene rings is 1. The minimum absolute atomic E-state index is 0.130. The van der Waals surface area contributed by atoms with E-state index in [1.807, 2.05) is 38.5 Å². The zero-order valence-corrected chi connectivity index (χ0v) is 15.9. The third kappa shape index (κ3) is 4.74. The van der Waals surface area contributed by atoms with Crippen LogP contribution in [0.2, 0.25) is 0 Å². The lowest BCUT2D eigenvalue weighted by Crippen LogP contribution is -2.15. The van der Waals surface area contributed by atoms with Gasteiger partial charge in [0.05, 0.1) is 0 Å². The van der Waals surface area contributed by atoms with Crippen molar-refractivity contribution < 1.29 is 27.8 Å². The van der Waals surface area contributed by atoms with Crippen molar-refractivity contribution in [2.24, 2.45) is 0 Å². The molecule has 0 fully saturated rings. The summed E-state index contributed by atoms with van der Waals surface area (Å²) in [5, 5.41) is 0.956. The standard InChI is InChI=1S/C19H22N2O7/c1-12-16(28-19(23)27-12)10-24-18(22)26-11-25-15-6-4-5-14-17(15)13(9-20-14)7-8-21(2)3/h4-6,9,20H,7-8,10-11H2,1-3H3. The van der Waals surface area contributed by atoms with Crippen LogP contribution in [0.15, 0.2) is 38.0 Å². The SMILES string of the molecule is Cc1oc(=O)oc1COC(=O)OCOc1cccc2[nH]cc(CCN(C)C)c12. The summed E-state index contributed by atoms with van der Waals surface area (Å²) in [6.45, 7) is 1.85. The topological polar surface area (TPSA) is 107 Å². The van der Waals surface area contributed by atoms with Gasteiger partial charge in [-0.15, -0.1) is 0 Å². The number of aromatic nitrogens is 1. The molecule has 9 heteroatoms. The normalized spacial score (nSPS) is 11.1. The van der Waals surface area contributed by atoms with Crippen LogP contribution < -0.4 is 10.6 Å². The molecule has 0 unspecified atom stereocenters. The van der Waals surface area contributed by atoms with Gasteiger partial charge in [-0.25, -0.2) is 9.59 Å². The molecule has 0 radical (unpaired) electrons. The number of fused-ring (bicyclic) bond motifs is 1. The van der Waals surface area contributed by atoms with E-state index in [1.54, 1.807) is 0 Å². The van der Waals surface area contributed by atoms with Gasteiger partial charge in [0.1, 0.15) is 5.75 Å². The molecule has 0 spiro atoms. The summed E-state index contributed by atoms with van der Waals surface area (Å²) < 4.78 is 24.8. The van der Waals surface area contributed by atoms with Gasteiger partial charge in [-0.2, -0.15) is 0 Å². The van der Waals surface area contributed by atoms with E-state index in [9.17, 15) is 9.59 Å². The van der Waals surface area contributed by atoms with Crippen molar-refractivity contribution in [2.45, 2.75) is 20.0 Å². The second-order valence-electron chi connectivity index (χ2n) is 6.42. The number of hydrogen-bond acceptors (Lipinski definition) is 8. The molecule has 3 rings (SSSR count). The minimum Gasteiger partial charge on any atom is -0.457 e. The van der Waals surface area contributed by atoms with E-state index in [-0.39, 0.29) is 24.9 Å². The Kier molecular flexibility index (Phi) is 6.05. The summed E-state index contributed by atoms with van der Waals surface area (Å²) in [5.74, 6) is 0.137. The fourth-order valence-electron chi connectivity index (χ4n) is 2.69. The van der Waals surface area contributed by atoms with E-state index in [4.69, 9.17) is 18.6 Å². The molecule has 0 aliphatic carbocycles. The van der Waals surface area contributed by atoms with Crippen LogP contribution in [0, 0.1) is 6.92 Å². The fourth-order valence-corrected chi connectivity index (χ4v) is 2.69. The lowest BCUT2D eigenvalue weighted by atomic mass is 10.1. The Hall–Kier alpha value is -3.20. The molecule has 28 heavy (non-hydrogen) atoms. The number of hydrogen-bond donors (Lipinski definition) is 1. The van der Waals surface area contributed by atoms with E-state index in [0.717, 1.165) is 29.4 Å². The lowest BCUT2D eigenvalue weighted by molar-refractivity contribution is -0.00113. The van der Waals surface area contributed by atoms with Gasteiger partial charge in [-0.3, -0.25) is 0 Å². The molecule has 1 aromatic carbocycles. The van der Waals surface area contributed by atoms with Crippen LogP contribution >= 0.6 is 0 Å². The summed E-state index contributed by atoms with van der Waals surface area (Å²) in [6, 6.07) is 5.62.